The second-order valence-corrected chi connectivity index (χ2v) is 4.99. The molecule has 0 saturated heterocycles. The normalized spacial score (nSPS) is 17.1. The average Bonchev–Trinajstić information content (AvgIpc) is 2.79. The third-order valence-corrected chi connectivity index (χ3v) is 3.82. The summed E-state index contributed by atoms with van der Waals surface area (Å²) in [7, 11) is 0. The number of carbonyl (C=O) groups is 1. The maximum Gasteiger partial charge on any atom is 0.340 e. The third-order valence-electron chi connectivity index (χ3n) is 3.82. The maximum absolute atomic E-state index is 11.4. The zero-order chi connectivity index (χ0) is 12.5. The number of rotatable bonds is 1. The van der Waals surface area contributed by atoms with Crippen LogP contribution in [-0.4, -0.2) is 15.8 Å². The lowest BCUT2D eigenvalue weighted by Crippen LogP contribution is -2.21. The number of benzene rings is 1. The van der Waals surface area contributed by atoms with Gasteiger partial charge in [-0.25, -0.2) is 4.79 Å². The molecule has 0 atom stereocenters. The van der Waals surface area contributed by atoms with Gasteiger partial charge in [0.25, 0.3) is 0 Å². The highest BCUT2D eigenvalue weighted by atomic mass is 16.2. The van der Waals surface area contributed by atoms with E-state index < -0.39 is 6.03 Å². The van der Waals surface area contributed by atoms with E-state index >= 15 is 0 Å². The Morgan fingerprint density at radius 3 is 2.67 bits per heavy atom. The van der Waals surface area contributed by atoms with Crippen molar-refractivity contribution in [1.82, 2.24) is 9.78 Å². The summed E-state index contributed by atoms with van der Waals surface area (Å²) in [6.07, 6.45) is 6.15. The van der Waals surface area contributed by atoms with Gasteiger partial charge in [0.15, 0.2) is 0 Å². The summed E-state index contributed by atoms with van der Waals surface area (Å²) in [6, 6.07) is 7.33. The Kier molecular flexibility index (Phi) is 2.78. The number of hydrogen-bond acceptors (Lipinski definition) is 2. The number of carbonyl (C=O) groups excluding carboxylic acids is 1. The van der Waals surface area contributed by atoms with Crippen molar-refractivity contribution < 1.29 is 4.79 Å². The van der Waals surface area contributed by atoms with Crippen molar-refractivity contribution in [3.8, 4) is 0 Å². The van der Waals surface area contributed by atoms with Gasteiger partial charge in [-0.2, -0.15) is 9.78 Å². The first-order valence-corrected chi connectivity index (χ1v) is 6.55. The predicted octanol–water partition coefficient (Wildman–Crippen LogP) is 3.01. The molecule has 0 radical (unpaired) electrons. The number of primary amides is 1. The maximum atomic E-state index is 11.4. The van der Waals surface area contributed by atoms with Crippen molar-refractivity contribution in [3.63, 3.8) is 0 Å². The number of para-hydroxylation sites is 1. The Balaban J connectivity index is 2.13. The molecule has 0 bridgehead atoms. The Hall–Kier alpha value is -1.84. The fourth-order valence-corrected chi connectivity index (χ4v) is 2.94. The molecule has 0 spiro atoms. The van der Waals surface area contributed by atoms with E-state index in [0.29, 0.717) is 5.92 Å². The first-order chi connectivity index (χ1) is 8.77. The zero-order valence-electron chi connectivity index (χ0n) is 10.3. The minimum absolute atomic E-state index is 0.476. The molecule has 1 amide bonds. The Morgan fingerprint density at radius 1 is 1.22 bits per heavy atom. The summed E-state index contributed by atoms with van der Waals surface area (Å²) >= 11 is 0. The summed E-state index contributed by atoms with van der Waals surface area (Å²) < 4.78 is 1.33. The van der Waals surface area contributed by atoms with E-state index in [1.54, 1.807) is 0 Å². The lowest BCUT2D eigenvalue weighted by molar-refractivity contribution is 0.248. The fraction of sp³-hybridized carbons (Fsp3) is 0.429. The van der Waals surface area contributed by atoms with Crippen LogP contribution in [0.15, 0.2) is 24.3 Å². The molecule has 18 heavy (non-hydrogen) atoms. The summed E-state index contributed by atoms with van der Waals surface area (Å²) in [6.45, 7) is 0. The van der Waals surface area contributed by atoms with Gasteiger partial charge in [0.05, 0.1) is 11.2 Å². The second-order valence-electron chi connectivity index (χ2n) is 4.99. The quantitative estimate of drug-likeness (QED) is 0.836. The minimum Gasteiger partial charge on any atom is -0.350 e. The van der Waals surface area contributed by atoms with Crippen LogP contribution in [0.25, 0.3) is 10.9 Å². The van der Waals surface area contributed by atoms with Gasteiger partial charge in [0.2, 0.25) is 0 Å². The summed E-state index contributed by atoms with van der Waals surface area (Å²) in [5, 5.41) is 5.53. The fourth-order valence-electron chi connectivity index (χ4n) is 2.94. The van der Waals surface area contributed by atoms with E-state index in [2.05, 4.69) is 5.10 Å². The smallest absolute Gasteiger partial charge is 0.340 e. The average molecular weight is 243 g/mol. The highest BCUT2D eigenvalue weighted by molar-refractivity contribution is 5.91. The number of nitrogens with zero attached hydrogens (tertiary/aromatic N) is 2. The number of nitrogens with two attached hydrogens (primary N) is 1. The molecule has 4 heteroatoms. The van der Waals surface area contributed by atoms with Crippen molar-refractivity contribution in [2.24, 2.45) is 5.73 Å². The number of amides is 1. The van der Waals surface area contributed by atoms with Crippen LogP contribution in [0.5, 0.6) is 0 Å². The first kappa shape index (κ1) is 11.3. The third kappa shape index (κ3) is 1.78. The molecule has 1 aliphatic rings. The van der Waals surface area contributed by atoms with Gasteiger partial charge in [-0.05, 0) is 18.9 Å². The van der Waals surface area contributed by atoms with Crippen LogP contribution in [0, 0.1) is 0 Å². The van der Waals surface area contributed by atoms with Crippen molar-refractivity contribution in [3.05, 3.63) is 30.0 Å². The largest absolute Gasteiger partial charge is 0.350 e. The lowest BCUT2D eigenvalue weighted by Gasteiger charge is -2.19. The molecule has 1 fully saturated rings. The van der Waals surface area contributed by atoms with E-state index in [-0.39, 0.29) is 0 Å². The molecule has 1 aromatic heterocycles. The Labute approximate surface area is 106 Å². The van der Waals surface area contributed by atoms with Gasteiger partial charge in [0, 0.05) is 11.3 Å². The van der Waals surface area contributed by atoms with Gasteiger partial charge in [-0.15, -0.1) is 0 Å². The van der Waals surface area contributed by atoms with Crippen LogP contribution in [0.3, 0.4) is 0 Å². The van der Waals surface area contributed by atoms with Gasteiger partial charge in [-0.3, -0.25) is 0 Å². The Bertz CT molecular complexity index is 582. The highest BCUT2D eigenvalue weighted by Gasteiger charge is 2.22. The van der Waals surface area contributed by atoms with Gasteiger partial charge in [0.1, 0.15) is 0 Å². The molecule has 0 unspecified atom stereocenters. The summed E-state index contributed by atoms with van der Waals surface area (Å²) in [5.41, 5.74) is 7.25. The molecule has 3 rings (SSSR count). The Morgan fingerprint density at radius 2 is 1.94 bits per heavy atom. The molecule has 2 N–H and O–H groups in total. The first-order valence-electron chi connectivity index (χ1n) is 6.55. The molecule has 1 aliphatic carbocycles. The molecule has 0 aliphatic heterocycles. The van der Waals surface area contributed by atoms with Crippen molar-refractivity contribution >= 4 is 16.9 Å². The van der Waals surface area contributed by atoms with E-state index in [1.165, 1.54) is 36.8 Å². The number of fused-ring (bicyclic) bond motifs is 1. The monoisotopic (exact) mass is 243 g/mol. The summed E-state index contributed by atoms with van der Waals surface area (Å²) in [4.78, 5) is 11.4. The van der Waals surface area contributed by atoms with Crippen LogP contribution in [0.2, 0.25) is 0 Å². The van der Waals surface area contributed by atoms with Crippen molar-refractivity contribution in [2.75, 3.05) is 0 Å². The molecule has 2 aromatic rings. The molecule has 1 saturated carbocycles. The van der Waals surface area contributed by atoms with Crippen LogP contribution in [0.4, 0.5) is 4.79 Å². The molecular weight excluding hydrogens is 226 g/mol. The minimum atomic E-state index is -0.506. The van der Waals surface area contributed by atoms with Gasteiger partial charge in [-0.1, -0.05) is 37.5 Å². The molecule has 1 aromatic carbocycles. The van der Waals surface area contributed by atoms with E-state index in [0.717, 1.165) is 16.6 Å². The standard InChI is InChI=1S/C14H17N3O/c15-14(18)17-12-9-5-4-8-11(12)13(16-17)10-6-2-1-3-7-10/h4-5,8-10H,1-3,6-7H2,(H2,15,18). The van der Waals surface area contributed by atoms with E-state index in [4.69, 9.17) is 5.73 Å². The van der Waals surface area contributed by atoms with Crippen LogP contribution in [-0.2, 0) is 0 Å². The SMILES string of the molecule is NC(=O)n1nc(C2CCCCC2)c2ccccc21. The number of hydrogen-bond donors (Lipinski definition) is 1. The van der Waals surface area contributed by atoms with Crippen LogP contribution < -0.4 is 5.73 Å². The molecular formula is C14H17N3O. The summed E-state index contributed by atoms with van der Waals surface area (Å²) in [5.74, 6) is 0.476. The highest BCUT2D eigenvalue weighted by Crippen LogP contribution is 2.35. The predicted molar refractivity (Wildman–Crippen MR) is 70.5 cm³/mol. The topological polar surface area (TPSA) is 60.9 Å². The van der Waals surface area contributed by atoms with E-state index in [9.17, 15) is 4.79 Å². The molecule has 94 valence electrons. The van der Waals surface area contributed by atoms with E-state index in [1.807, 2.05) is 24.3 Å². The second kappa shape index (κ2) is 4.44. The lowest BCUT2D eigenvalue weighted by atomic mass is 9.86. The molecule has 1 heterocycles. The van der Waals surface area contributed by atoms with Crippen molar-refractivity contribution in [1.29, 1.82) is 0 Å². The van der Waals surface area contributed by atoms with Crippen LogP contribution >= 0.6 is 0 Å². The van der Waals surface area contributed by atoms with Gasteiger partial charge >= 0.3 is 6.03 Å². The van der Waals surface area contributed by atoms with Crippen LogP contribution in [0.1, 0.15) is 43.7 Å². The van der Waals surface area contributed by atoms with Crippen molar-refractivity contribution in [2.45, 2.75) is 38.0 Å². The van der Waals surface area contributed by atoms with Gasteiger partial charge < -0.3 is 5.73 Å². The number of aromatic nitrogens is 2. The molecule has 4 nitrogen and oxygen atoms in total. The zero-order valence-corrected chi connectivity index (χ0v) is 10.3.